The van der Waals surface area contributed by atoms with Crippen molar-refractivity contribution in [3.8, 4) is 0 Å². The van der Waals surface area contributed by atoms with Crippen molar-refractivity contribution in [1.82, 2.24) is 5.32 Å². The number of aliphatic hydroxyl groups is 1. The average molecular weight is 1190 g/mol. The van der Waals surface area contributed by atoms with Crippen molar-refractivity contribution in [1.29, 1.82) is 0 Å². The number of carbonyl (C=O) groups is 1. The Balaban J connectivity index is 4.06. The van der Waals surface area contributed by atoms with Crippen molar-refractivity contribution < 1.29 is 32.9 Å². The van der Waals surface area contributed by atoms with Crippen molar-refractivity contribution in [3.05, 3.63) is 36.5 Å². The molecule has 3 unspecified atom stereocenters. The number of nitrogens with zero attached hydrogens (tertiary/aromatic N) is 1. The van der Waals surface area contributed by atoms with E-state index in [2.05, 4.69) is 43.5 Å². The molecule has 0 heterocycles. The summed E-state index contributed by atoms with van der Waals surface area (Å²) in [5, 5.41) is 14.0. The number of unbranched alkanes of at least 4 members (excludes halogenated alkanes) is 52. The summed E-state index contributed by atoms with van der Waals surface area (Å²) in [5.41, 5.74) is 0. The molecule has 0 fully saturated rings. The number of phosphoric ester groups is 1. The molecule has 0 aromatic rings. The van der Waals surface area contributed by atoms with E-state index in [-0.39, 0.29) is 19.1 Å². The van der Waals surface area contributed by atoms with Crippen molar-refractivity contribution >= 4 is 13.7 Å². The molecule has 0 aromatic carbocycles. The van der Waals surface area contributed by atoms with Crippen LogP contribution in [0.1, 0.15) is 380 Å². The first-order valence-electron chi connectivity index (χ1n) is 36.9. The minimum atomic E-state index is -4.37. The number of phosphoric acid groups is 1. The van der Waals surface area contributed by atoms with Crippen LogP contribution in [-0.2, 0) is 18.4 Å². The van der Waals surface area contributed by atoms with Gasteiger partial charge < -0.3 is 19.8 Å². The summed E-state index contributed by atoms with van der Waals surface area (Å²) in [7, 11) is 1.56. The lowest BCUT2D eigenvalue weighted by molar-refractivity contribution is -0.870. The third kappa shape index (κ3) is 68.1. The molecule has 0 radical (unpaired) electrons. The molecular formula is C74H146N2O6P+. The van der Waals surface area contributed by atoms with Gasteiger partial charge in [0.05, 0.1) is 39.9 Å². The standard InChI is InChI=1S/C74H145N2O6P/c1-6-8-10-12-14-16-18-20-22-24-26-28-30-32-34-36-38-40-42-44-46-48-50-52-54-56-58-60-62-64-66-68-74(78)75-72(71-82-83(79,80)81-70-69-76(3,4)5)73(77)67-65-63-61-59-57-55-53-51-49-47-45-43-41-39-37-35-33-31-29-27-25-23-21-19-17-15-13-11-9-7-2/h49,51,57,59,65,67,72-73,77H,6-48,50,52-56,58,60-64,66,68-71H2,1-5H3,(H-,75,78,79,80)/p+1/b51-49+,59-57+,67-65+. The van der Waals surface area contributed by atoms with Crippen molar-refractivity contribution in [2.45, 2.75) is 392 Å². The first kappa shape index (κ1) is 81.7. The van der Waals surface area contributed by atoms with Crippen molar-refractivity contribution in [3.63, 3.8) is 0 Å². The molecule has 492 valence electrons. The largest absolute Gasteiger partial charge is 0.472 e. The van der Waals surface area contributed by atoms with Gasteiger partial charge in [-0.2, -0.15) is 0 Å². The van der Waals surface area contributed by atoms with Gasteiger partial charge in [-0.3, -0.25) is 13.8 Å². The van der Waals surface area contributed by atoms with E-state index in [0.717, 1.165) is 44.9 Å². The van der Waals surface area contributed by atoms with Gasteiger partial charge in [-0.25, -0.2) is 4.57 Å². The molecule has 0 bridgehead atoms. The van der Waals surface area contributed by atoms with Crippen LogP contribution in [0.2, 0.25) is 0 Å². The highest BCUT2D eigenvalue weighted by Crippen LogP contribution is 2.43. The summed E-state index contributed by atoms with van der Waals surface area (Å²) in [5.74, 6) is -0.182. The lowest BCUT2D eigenvalue weighted by Crippen LogP contribution is -2.45. The fraction of sp³-hybridized carbons (Fsp3) is 0.905. The molecule has 0 aliphatic rings. The highest BCUT2D eigenvalue weighted by Gasteiger charge is 2.28. The Kier molecular flexibility index (Phi) is 64.2. The summed E-state index contributed by atoms with van der Waals surface area (Å²) < 4.78 is 23.8. The smallest absolute Gasteiger partial charge is 0.387 e. The molecule has 1 amide bonds. The molecule has 0 spiro atoms. The van der Waals surface area contributed by atoms with Gasteiger partial charge in [0.1, 0.15) is 13.2 Å². The van der Waals surface area contributed by atoms with E-state index in [0.29, 0.717) is 17.4 Å². The molecule has 9 heteroatoms. The lowest BCUT2D eigenvalue weighted by atomic mass is 10.0. The number of aliphatic hydroxyl groups excluding tert-OH is 1. The molecular weight excluding hydrogens is 1040 g/mol. The van der Waals surface area contributed by atoms with Gasteiger partial charge >= 0.3 is 7.82 Å². The predicted octanol–water partition coefficient (Wildman–Crippen LogP) is 23.6. The topological polar surface area (TPSA) is 105 Å². The zero-order valence-corrected chi connectivity index (χ0v) is 57.4. The number of rotatable bonds is 69. The maximum Gasteiger partial charge on any atom is 0.472 e. The van der Waals surface area contributed by atoms with Crippen LogP contribution >= 0.6 is 7.82 Å². The molecule has 0 aliphatic carbocycles. The Labute approximate surface area is 518 Å². The zero-order valence-electron chi connectivity index (χ0n) is 56.5. The minimum Gasteiger partial charge on any atom is -0.387 e. The van der Waals surface area contributed by atoms with Crippen LogP contribution in [0.4, 0.5) is 0 Å². The molecule has 3 atom stereocenters. The van der Waals surface area contributed by atoms with E-state index >= 15 is 0 Å². The molecule has 8 nitrogen and oxygen atoms in total. The highest BCUT2D eigenvalue weighted by molar-refractivity contribution is 7.47. The Morgan fingerprint density at radius 2 is 0.663 bits per heavy atom. The third-order valence-electron chi connectivity index (χ3n) is 17.1. The van der Waals surface area contributed by atoms with Crippen molar-refractivity contribution in [2.75, 3.05) is 40.9 Å². The number of quaternary nitrogens is 1. The van der Waals surface area contributed by atoms with Gasteiger partial charge in [0.15, 0.2) is 0 Å². The Hall–Kier alpha value is -1.28. The number of allylic oxidation sites excluding steroid dienone is 5. The maximum absolute atomic E-state index is 13.1. The number of amides is 1. The van der Waals surface area contributed by atoms with E-state index in [4.69, 9.17) is 9.05 Å². The van der Waals surface area contributed by atoms with Gasteiger partial charge in [-0.05, 0) is 44.9 Å². The van der Waals surface area contributed by atoms with Crippen LogP contribution in [0, 0.1) is 0 Å². The summed E-state index contributed by atoms with van der Waals surface area (Å²) in [6, 6.07) is -0.870. The Morgan fingerprint density at radius 3 is 0.964 bits per heavy atom. The van der Waals surface area contributed by atoms with Gasteiger partial charge in [-0.15, -0.1) is 0 Å². The van der Waals surface area contributed by atoms with E-state index in [1.807, 2.05) is 27.2 Å². The number of hydrogen-bond acceptors (Lipinski definition) is 5. The van der Waals surface area contributed by atoms with Gasteiger partial charge in [-0.1, -0.05) is 365 Å². The van der Waals surface area contributed by atoms with Gasteiger partial charge in [0, 0.05) is 6.42 Å². The summed E-state index contributed by atoms with van der Waals surface area (Å²) in [4.78, 5) is 23.4. The molecule has 0 saturated heterocycles. The first-order chi connectivity index (χ1) is 40.5. The second-order valence-electron chi connectivity index (χ2n) is 26.7. The minimum absolute atomic E-state index is 0.0555. The van der Waals surface area contributed by atoms with Crippen LogP contribution in [0.5, 0.6) is 0 Å². The fourth-order valence-corrected chi connectivity index (χ4v) is 12.1. The van der Waals surface area contributed by atoms with Crippen LogP contribution < -0.4 is 5.32 Å². The first-order valence-corrected chi connectivity index (χ1v) is 38.4. The summed E-state index contributed by atoms with van der Waals surface area (Å²) in [6.07, 6.45) is 87.5. The molecule has 3 N–H and O–H groups in total. The predicted molar refractivity (Wildman–Crippen MR) is 365 cm³/mol. The normalized spacial score (nSPS) is 13.8. The SMILES string of the molecule is CCCCCCCCCCCCCCCCCCCCCC/C=C/CC/C=C/CC/C=C/C(O)C(COP(=O)(O)OCC[N+](C)(C)C)NC(=O)CCCCCCCCCCCCCCCCCCCCCCCCCCCCCCCCC. The van der Waals surface area contributed by atoms with E-state index in [1.54, 1.807) is 6.08 Å². The second-order valence-corrected chi connectivity index (χ2v) is 28.1. The molecule has 0 aromatic heterocycles. The quantitative estimate of drug-likeness (QED) is 0.0243. The van der Waals surface area contributed by atoms with Gasteiger partial charge in [0.25, 0.3) is 0 Å². The number of likely N-dealkylation sites (N-methyl/N-ethyl adjacent to an activating group) is 1. The Morgan fingerprint density at radius 1 is 0.398 bits per heavy atom. The summed E-state index contributed by atoms with van der Waals surface area (Å²) in [6.45, 7) is 4.85. The van der Waals surface area contributed by atoms with E-state index < -0.39 is 20.0 Å². The third-order valence-corrected chi connectivity index (χ3v) is 18.1. The van der Waals surface area contributed by atoms with Crippen LogP contribution in [-0.4, -0.2) is 73.4 Å². The zero-order chi connectivity index (χ0) is 60.5. The fourth-order valence-electron chi connectivity index (χ4n) is 11.4. The number of nitrogens with one attached hydrogen (secondary N) is 1. The van der Waals surface area contributed by atoms with E-state index in [9.17, 15) is 19.4 Å². The molecule has 0 saturated carbocycles. The Bertz CT molecular complexity index is 1450. The van der Waals surface area contributed by atoms with E-state index in [1.165, 1.54) is 315 Å². The number of carbonyl (C=O) groups excluding carboxylic acids is 1. The second kappa shape index (κ2) is 65.2. The monoisotopic (exact) mass is 1190 g/mol. The molecule has 0 aliphatic heterocycles. The van der Waals surface area contributed by atoms with Crippen molar-refractivity contribution in [2.24, 2.45) is 0 Å². The van der Waals surface area contributed by atoms with Crippen LogP contribution in [0.15, 0.2) is 36.5 Å². The van der Waals surface area contributed by atoms with Crippen LogP contribution in [0.25, 0.3) is 0 Å². The van der Waals surface area contributed by atoms with Crippen LogP contribution in [0.3, 0.4) is 0 Å². The lowest BCUT2D eigenvalue weighted by Gasteiger charge is -2.25. The average Bonchev–Trinajstić information content (AvgIpc) is 3.49. The van der Waals surface area contributed by atoms with Gasteiger partial charge in [0.2, 0.25) is 5.91 Å². The highest BCUT2D eigenvalue weighted by atomic mass is 31.2. The molecule has 0 rings (SSSR count). The summed E-state index contributed by atoms with van der Waals surface area (Å²) >= 11 is 0. The maximum atomic E-state index is 13.1. The number of hydrogen-bond donors (Lipinski definition) is 3. The molecule has 83 heavy (non-hydrogen) atoms.